The van der Waals surface area contributed by atoms with Crippen LogP contribution in [-0.4, -0.2) is 36.0 Å². The topological polar surface area (TPSA) is 74.4 Å². The van der Waals surface area contributed by atoms with Gasteiger partial charge in [-0.15, -0.1) is 0 Å². The Labute approximate surface area is 151 Å². The number of ketones is 1. The van der Waals surface area contributed by atoms with Crippen molar-refractivity contribution in [1.29, 1.82) is 0 Å². The number of hydrogen-bond acceptors (Lipinski definition) is 3. The number of fused-ring (bicyclic) bond motifs is 1. The van der Waals surface area contributed by atoms with Crippen LogP contribution >= 0.6 is 11.6 Å². The van der Waals surface area contributed by atoms with Crippen molar-refractivity contribution in [2.75, 3.05) is 19.5 Å². The van der Waals surface area contributed by atoms with Gasteiger partial charge in [-0.05, 0) is 31.0 Å². The third-order valence-electron chi connectivity index (χ3n) is 4.77. The summed E-state index contributed by atoms with van der Waals surface area (Å²) in [6.07, 6.45) is 5.09. The number of nitrogens with zero attached hydrogens (tertiary/aromatic N) is 1. The van der Waals surface area contributed by atoms with E-state index in [0.717, 1.165) is 41.6 Å². The highest BCUT2D eigenvalue weighted by atomic mass is 35.5. The number of H-pyrrole nitrogens is 1. The molecule has 1 saturated carbocycles. The van der Waals surface area contributed by atoms with Gasteiger partial charge in [-0.3, -0.25) is 9.63 Å². The van der Waals surface area contributed by atoms with Crippen molar-refractivity contribution in [2.45, 2.75) is 32.1 Å². The lowest BCUT2D eigenvalue weighted by atomic mass is 9.85. The molecule has 1 heterocycles. The van der Waals surface area contributed by atoms with Crippen molar-refractivity contribution in [1.82, 2.24) is 10.0 Å². The van der Waals surface area contributed by atoms with Crippen LogP contribution < -0.4 is 5.32 Å². The summed E-state index contributed by atoms with van der Waals surface area (Å²) < 4.78 is 0. The Hall–Kier alpha value is -2.05. The number of Topliss-reactive ketones (excluding diaryl/α,β-unsaturated/α-hetero) is 1. The molecule has 1 aromatic carbocycles. The number of aromatic nitrogens is 1. The number of benzene rings is 1. The maximum atomic E-state index is 13.0. The minimum atomic E-state index is -0.448. The molecule has 1 aliphatic carbocycles. The molecule has 0 aliphatic heterocycles. The third-order valence-corrected chi connectivity index (χ3v) is 5.01. The summed E-state index contributed by atoms with van der Waals surface area (Å²) >= 11 is 6.07. The normalized spacial score (nSPS) is 15.3. The van der Waals surface area contributed by atoms with Gasteiger partial charge in [-0.25, -0.2) is 9.86 Å². The molecule has 1 fully saturated rings. The van der Waals surface area contributed by atoms with Crippen LogP contribution in [0.5, 0.6) is 0 Å². The zero-order valence-electron chi connectivity index (χ0n) is 14.4. The summed E-state index contributed by atoms with van der Waals surface area (Å²) in [6.45, 7) is 0. The number of halogens is 1. The van der Waals surface area contributed by atoms with Gasteiger partial charge in [0.1, 0.15) is 5.69 Å². The van der Waals surface area contributed by atoms with Crippen molar-refractivity contribution in [3.63, 3.8) is 0 Å². The standard InChI is InChI=1S/C18H22ClN3O3/c1-22(25-2)18(24)21-15-13-9-8-12(19)10-14(13)20-16(15)17(23)11-6-4-3-5-7-11/h8-11,20H,3-7H2,1-2H3,(H,21,24). The Bertz CT molecular complexity index is 796. The first-order valence-electron chi connectivity index (χ1n) is 8.45. The van der Waals surface area contributed by atoms with Gasteiger partial charge >= 0.3 is 6.03 Å². The summed E-state index contributed by atoms with van der Waals surface area (Å²) in [5.74, 6) is 0.0375. The first-order chi connectivity index (χ1) is 12.0. The highest BCUT2D eigenvalue weighted by Gasteiger charge is 2.28. The van der Waals surface area contributed by atoms with E-state index in [0.29, 0.717) is 16.4 Å². The molecule has 0 unspecified atom stereocenters. The van der Waals surface area contributed by atoms with Crippen LogP contribution in [0.2, 0.25) is 5.02 Å². The summed E-state index contributed by atoms with van der Waals surface area (Å²) in [4.78, 5) is 33.3. The van der Waals surface area contributed by atoms with Crippen LogP contribution in [0.1, 0.15) is 42.6 Å². The molecule has 2 aromatic rings. The second-order valence-corrected chi connectivity index (χ2v) is 6.81. The van der Waals surface area contributed by atoms with Crippen LogP contribution in [0.25, 0.3) is 10.9 Å². The van der Waals surface area contributed by atoms with Crippen molar-refractivity contribution >= 4 is 40.0 Å². The Balaban J connectivity index is 2.01. The average molecular weight is 364 g/mol. The van der Waals surface area contributed by atoms with Gasteiger partial charge < -0.3 is 10.3 Å². The van der Waals surface area contributed by atoms with E-state index in [1.807, 2.05) is 0 Å². The molecule has 6 nitrogen and oxygen atoms in total. The lowest BCUT2D eigenvalue weighted by Crippen LogP contribution is -2.31. The van der Waals surface area contributed by atoms with Gasteiger partial charge in [0.25, 0.3) is 0 Å². The maximum Gasteiger partial charge on any atom is 0.345 e. The molecule has 0 bridgehead atoms. The number of anilines is 1. The zero-order valence-corrected chi connectivity index (χ0v) is 15.2. The van der Waals surface area contributed by atoms with Crippen molar-refractivity contribution in [3.05, 3.63) is 28.9 Å². The molecule has 0 radical (unpaired) electrons. The minimum Gasteiger partial charge on any atom is -0.350 e. The largest absolute Gasteiger partial charge is 0.350 e. The van der Waals surface area contributed by atoms with Gasteiger partial charge in [0.05, 0.1) is 12.8 Å². The Morgan fingerprint density at radius 3 is 2.68 bits per heavy atom. The monoisotopic (exact) mass is 363 g/mol. The smallest absolute Gasteiger partial charge is 0.345 e. The lowest BCUT2D eigenvalue weighted by Gasteiger charge is -2.21. The fourth-order valence-corrected chi connectivity index (χ4v) is 3.49. The predicted molar refractivity (Wildman–Crippen MR) is 98.0 cm³/mol. The number of urea groups is 1. The number of carbonyl (C=O) groups excluding carboxylic acids is 2. The second kappa shape index (κ2) is 7.45. The zero-order chi connectivity index (χ0) is 18.0. The average Bonchev–Trinajstić information content (AvgIpc) is 2.98. The molecule has 0 spiro atoms. The van der Waals surface area contributed by atoms with Crippen molar-refractivity contribution < 1.29 is 14.4 Å². The number of aromatic amines is 1. The lowest BCUT2D eigenvalue weighted by molar-refractivity contribution is -0.0598. The molecule has 25 heavy (non-hydrogen) atoms. The van der Waals surface area contributed by atoms with Crippen LogP contribution in [0, 0.1) is 5.92 Å². The Morgan fingerprint density at radius 2 is 2.00 bits per heavy atom. The van der Waals surface area contributed by atoms with Crippen molar-refractivity contribution in [2.24, 2.45) is 5.92 Å². The summed E-state index contributed by atoms with van der Waals surface area (Å²) in [6, 6.07) is 4.84. The summed E-state index contributed by atoms with van der Waals surface area (Å²) in [5, 5.41) is 5.18. The number of rotatable bonds is 4. The molecular weight excluding hydrogens is 342 g/mol. The van der Waals surface area contributed by atoms with Gasteiger partial charge in [-0.2, -0.15) is 0 Å². The predicted octanol–water partition coefficient (Wildman–Crippen LogP) is 4.61. The fourth-order valence-electron chi connectivity index (χ4n) is 3.32. The van der Waals surface area contributed by atoms with E-state index in [2.05, 4.69) is 10.3 Å². The molecule has 1 aliphatic rings. The number of hydrogen-bond donors (Lipinski definition) is 2. The number of amides is 2. The number of carbonyl (C=O) groups is 2. The SMILES string of the molecule is CON(C)C(=O)Nc1c(C(=O)C2CCCCC2)[nH]c2cc(Cl)ccc12. The van der Waals surface area contributed by atoms with E-state index in [4.69, 9.17) is 16.4 Å². The van der Waals surface area contributed by atoms with Gasteiger partial charge in [0.15, 0.2) is 5.78 Å². The van der Waals surface area contributed by atoms with E-state index in [1.54, 1.807) is 18.2 Å². The fraction of sp³-hybridized carbons (Fsp3) is 0.444. The second-order valence-electron chi connectivity index (χ2n) is 6.37. The molecular formula is C18H22ClN3O3. The van der Waals surface area contributed by atoms with E-state index >= 15 is 0 Å². The molecule has 3 rings (SSSR count). The molecule has 1 aromatic heterocycles. The molecule has 2 amide bonds. The van der Waals surface area contributed by atoms with Crippen molar-refractivity contribution in [3.8, 4) is 0 Å². The first kappa shape index (κ1) is 17.8. The van der Waals surface area contributed by atoms with E-state index in [-0.39, 0.29) is 11.7 Å². The van der Waals surface area contributed by atoms with Crippen LogP contribution in [0.15, 0.2) is 18.2 Å². The highest BCUT2D eigenvalue weighted by Crippen LogP contribution is 2.34. The minimum absolute atomic E-state index is 0.00640. The molecule has 7 heteroatoms. The van der Waals surface area contributed by atoms with Crippen LogP contribution in [0.3, 0.4) is 0 Å². The Morgan fingerprint density at radius 1 is 1.28 bits per heavy atom. The van der Waals surface area contributed by atoms with E-state index < -0.39 is 6.03 Å². The number of hydroxylamine groups is 2. The maximum absolute atomic E-state index is 13.0. The summed E-state index contributed by atoms with van der Waals surface area (Å²) in [7, 11) is 2.91. The Kier molecular flexibility index (Phi) is 5.30. The molecule has 0 atom stereocenters. The van der Waals surface area contributed by atoms with Gasteiger partial charge in [0.2, 0.25) is 0 Å². The van der Waals surface area contributed by atoms with E-state index in [9.17, 15) is 9.59 Å². The van der Waals surface area contributed by atoms with Gasteiger partial charge in [-0.1, -0.05) is 30.9 Å². The van der Waals surface area contributed by atoms with Crippen LogP contribution in [-0.2, 0) is 4.84 Å². The first-order valence-corrected chi connectivity index (χ1v) is 8.83. The quantitative estimate of drug-likeness (QED) is 0.615. The third kappa shape index (κ3) is 3.65. The summed E-state index contributed by atoms with van der Waals surface area (Å²) in [5.41, 5.74) is 1.64. The van der Waals surface area contributed by atoms with Gasteiger partial charge in [0, 0.05) is 28.9 Å². The highest BCUT2D eigenvalue weighted by molar-refractivity contribution is 6.31. The van der Waals surface area contributed by atoms with E-state index in [1.165, 1.54) is 20.6 Å². The molecule has 0 saturated heterocycles. The van der Waals surface area contributed by atoms with Crippen LogP contribution in [0.4, 0.5) is 10.5 Å². The number of nitrogens with one attached hydrogen (secondary N) is 2. The molecule has 2 N–H and O–H groups in total. The molecule has 134 valence electrons.